The Morgan fingerprint density at radius 2 is 2.36 bits per heavy atom. The first-order valence-electron chi connectivity index (χ1n) is 4.36. The number of thiocarbonyl (C=S) groups is 1. The lowest BCUT2D eigenvalue weighted by Crippen LogP contribution is -2.15. The van der Waals surface area contributed by atoms with Gasteiger partial charge in [0.25, 0.3) is 0 Å². The molecule has 1 rings (SSSR count). The van der Waals surface area contributed by atoms with Gasteiger partial charge in [0, 0.05) is 0 Å². The van der Waals surface area contributed by atoms with E-state index in [-0.39, 0.29) is 0 Å². The molecular weight excluding hydrogens is 154 g/mol. The Morgan fingerprint density at radius 3 is 3.00 bits per heavy atom. The predicted octanol–water partition coefficient (Wildman–Crippen LogP) is 2.92. The van der Waals surface area contributed by atoms with E-state index in [0.29, 0.717) is 0 Å². The number of hydrogen-bond donors (Lipinski definition) is 0. The molecule has 62 valence electrons. The van der Waals surface area contributed by atoms with Crippen molar-refractivity contribution in [3.05, 3.63) is 0 Å². The minimum atomic E-state index is 0.786. The summed E-state index contributed by atoms with van der Waals surface area (Å²) in [5.74, 6) is 1.68. The first kappa shape index (κ1) is 8.89. The Bertz CT molecular complexity index is 161. The second kappa shape index (κ2) is 4.63. The zero-order valence-electron chi connectivity index (χ0n) is 7.05. The molecule has 0 aromatic rings. The van der Waals surface area contributed by atoms with Crippen LogP contribution in [0.15, 0.2) is 4.99 Å². The number of rotatable bonds is 2. The summed E-state index contributed by atoms with van der Waals surface area (Å²) in [4.78, 5) is 3.99. The fourth-order valence-corrected chi connectivity index (χ4v) is 1.97. The highest BCUT2D eigenvalue weighted by atomic mass is 32.1. The maximum absolute atomic E-state index is 4.53. The van der Waals surface area contributed by atoms with Gasteiger partial charge in [-0.2, -0.15) is 0 Å². The van der Waals surface area contributed by atoms with E-state index < -0.39 is 0 Å². The SMILES string of the molecule is CC1CCCC(CN=C=S)C1. The second-order valence-electron chi connectivity index (χ2n) is 3.57. The minimum Gasteiger partial charge on any atom is -0.232 e. The maximum atomic E-state index is 4.53. The summed E-state index contributed by atoms with van der Waals surface area (Å²) in [6.07, 6.45) is 5.45. The molecule has 2 atom stereocenters. The molecule has 1 saturated carbocycles. The first-order valence-corrected chi connectivity index (χ1v) is 4.77. The van der Waals surface area contributed by atoms with Gasteiger partial charge in [0.15, 0.2) is 0 Å². The van der Waals surface area contributed by atoms with E-state index in [1.54, 1.807) is 0 Å². The van der Waals surface area contributed by atoms with Crippen molar-refractivity contribution < 1.29 is 0 Å². The monoisotopic (exact) mass is 169 g/mol. The third-order valence-corrected chi connectivity index (χ3v) is 2.59. The summed E-state index contributed by atoms with van der Waals surface area (Å²) in [6.45, 7) is 3.24. The molecule has 0 spiro atoms. The average molecular weight is 169 g/mol. The van der Waals surface area contributed by atoms with E-state index in [9.17, 15) is 0 Å². The van der Waals surface area contributed by atoms with Crippen molar-refractivity contribution in [3.63, 3.8) is 0 Å². The van der Waals surface area contributed by atoms with Crippen molar-refractivity contribution in [3.8, 4) is 0 Å². The van der Waals surface area contributed by atoms with Crippen LogP contribution in [0.1, 0.15) is 32.6 Å². The number of isothiocyanates is 1. The fraction of sp³-hybridized carbons (Fsp3) is 0.889. The van der Waals surface area contributed by atoms with Gasteiger partial charge in [-0.3, -0.25) is 0 Å². The third kappa shape index (κ3) is 3.13. The normalized spacial score (nSPS) is 31.0. The topological polar surface area (TPSA) is 12.4 Å². The van der Waals surface area contributed by atoms with Crippen molar-refractivity contribution in [2.45, 2.75) is 32.6 Å². The highest BCUT2D eigenvalue weighted by Gasteiger charge is 2.17. The summed E-state index contributed by atoms with van der Waals surface area (Å²) in [5.41, 5.74) is 0. The molecule has 0 radical (unpaired) electrons. The highest BCUT2D eigenvalue weighted by molar-refractivity contribution is 7.78. The summed E-state index contributed by atoms with van der Waals surface area (Å²) in [7, 11) is 0. The summed E-state index contributed by atoms with van der Waals surface area (Å²) < 4.78 is 0. The Labute approximate surface area is 73.9 Å². The van der Waals surface area contributed by atoms with Crippen LogP contribution in [0.2, 0.25) is 0 Å². The molecule has 0 saturated heterocycles. The molecule has 2 heteroatoms. The highest BCUT2D eigenvalue weighted by Crippen LogP contribution is 2.28. The van der Waals surface area contributed by atoms with E-state index in [0.717, 1.165) is 18.4 Å². The molecule has 0 bridgehead atoms. The van der Waals surface area contributed by atoms with Crippen molar-refractivity contribution in [2.24, 2.45) is 16.8 Å². The van der Waals surface area contributed by atoms with Gasteiger partial charge in [-0.05, 0) is 36.9 Å². The van der Waals surface area contributed by atoms with Gasteiger partial charge in [0.2, 0.25) is 0 Å². The van der Waals surface area contributed by atoms with Crippen LogP contribution in [0.25, 0.3) is 0 Å². The standard InChI is InChI=1S/C9H15NS/c1-8-3-2-4-9(5-8)6-10-7-11/h8-9H,2-6H2,1H3. The Balaban J connectivity index is 2.27. The Hall–Kier alpha value is -0.200. The number of aliphatic imine (C=N–C) groups is 1. The van der Waals surface area contributed by atoms with Gasteiger partial charge in [-0.1, -0.05) is 19.8 Å². The lowest BCUT2D eigenvalue weighted by Gasteiger charge is -2.24. The molecular formula is C9H15NS. The van der Waals surface area contributed by atoms with Crippen LogP contribution in [0.3, 0.4) is 0 Å². The van der Waals surface area contributed by atoms with Crippen LogP contribution >= 0.6 is 12.2 Å². The van der Waals surface area contributed by atoms with Crippen LogP contribution in [-0.4, -0.2) is 11.7 Å². The van der Waals surface area contributed by atoms with E-state index in [2.05, 4.69) is 29.3 Å². The summed E-state index contributed by atoms with van der Waals surface area (Å²) >= 11 is 4.53. The first-order chi connectivity index (χ1) is 5.33. The van der Waals surface area contributed by atoms with Crippen LogP contribution in [0.5, 0.6) is 0 Å². The Kier molecular flexibility index (Phi) is 3.74. The van der Waals surface area contributed by atoms with Crippen molar-refractivity contribution in [1.29, 1.82) is 0 Å². The van der Waals surface area contributed by atoms with Crippen molar-refractivity contribution in [1.82, 2.24) is 0 Å². The van der Waals surface area contributed by atoms with E-state index in [1.807, 2.05) is 0 Å². The molecule has 0 heterocycles. The summed E-state index contributed by atoms with van der Waals surface area (Å²) in [6, 6.07) is 0. The largest absolute Gasteiger partial charge is 0.232 e. The van der Waals surface area contributed by atoms with Gasteiger partial charge in [-0.25, -0.2) is 4.99 Å². The van der Waals surface area contributed by atoms with E-state index in [1.165, 1.54) is 25.7 Å². The van der Waals surface area contributed by atoms with Gasteiger partial charge in [0.05, 0.1) is 11.7 Å². The molecule has 1 nitrogen and oxygen atoms in total. The molecule has 0 N–H and O–H groups in total. The zero-order valence-corrected chi connectivity index (χ0v) is 7.86. The van der Waals surface area contributed by atoms with Gasteiger partial charge in [-0.15, -0.1) is 0 Å². The minimum absolute atomic E-state index is 0.786. The average Bonchev–Trinajstić information content (AvgIpc) is 2.01. The molecule has 0 amide bonds. The van der Waals surface area contributed by atoms with Crippen molar-refractivity contribution >= 4 is 17.4 Å². The third-order valence-electron chi connectivity index (χ3n) is 2.46. The zero-order chi connectivity index (χ0) is 8.10. The van der Waals surface area contributed by atoms with Gasteiger partial charge < -0.3 is 0 Å². The molecule has 0 aliphatic heterocycles. The molecule has 2 unspecified atom stereocenters. The van der Waals surface area contributed by atoms with Crippen LogP contribution in [0.4, 0.5) is 0 Å². The lowest BCUT2D eigenvalue weighted by atomic mass is 9.82. The molecule has 1 fully saturated rings. The quantitative estimate of drug-likeness (QED) is 0.457. The smallest absolute Gasteiger partial charge is 0.0585 e. The van der Waals surface area contributed by atoms with Crippen molar-refractivity contribution in [2.75, 3.05) is 6.54 Å². The number of nitrogens with zero attached hydrogens (tertiary/aromatic N) is 1. The van der Waals surface area contributed by atoms with Gasteiger partial charge >= 0.3 is 0 Å². The second-order valence-corrected chi connectivity index (χ2v) is 3.75. The molecule has 11 heavy (non-hydrogen) atoms. The van der Waals surface area contributed by atoms with Gasteiger partial charge in [0.1, 0.15) is 0 Å². The lowest BCUT2D eigenvalue weighted by molar-refractivity contribution is 0.289. The molecule has 1 aliphatic rings. The maximum Gasteiger partial charge on any atom is 0.0585 e. The van der Waals surface area contributed by atoms with E-state index >= 15 is 0 Å². The van der Waals surface area contributed by atoms with E-state index in [4.69, 9.17) is 0 Å². The predicted molar refractivity (Wildman–Crippen MR) is 51.0 cm³/mol. The van der Waals surface area contributed by atoms with Crippen LogP contribution < -0.4 is 0 Å². The van der Waals surface area contributed by atoms with Crippen LogP contribution in [-0.2, 0) is 0 Å². The molecule has 0 aromatic heterocycles. The van der Waals surface area contributed by atoms with Crippen LogP contribution in [0, 0.1) is 11.8 Å². The Morgan fingerprint density at radius 1 is 1.55 bits per heavy atom. The number of hydrogen-bond acceptors (Lipinski definition) is 2. The fourth-order valence-electron chi connectivity index (χ4n) is 1.89. The molecule has 1 aliphatic carbocycles. The summed E-state index contributed by atoms with van der Waals surface area (Å²) in [5, 5.41) is 2.44. The molecule has 0 aromatic carbocycles.